The molecule has 1 amide bonds. The number of amides is 1. The summed E-state index contributed by atoms with van der Waals surface area (Å²) in [5, 5.41) is 9.24. The van der Waals surface area contributed by atoms with Crippen molar-refractivity contribution >= 4 is 16.8 Å². The smallest absolute Gasteiger partial charge is 0.276 e. The maximum absolute atomic E-state index is 13.7. The molecule has 1 aliphatic heterocycles. The first-order valence-corrected chi connectivity index (χ1v) is 8.17. The van der Waals surface area contributed by atoms with Crippen LogP contribution in [-0.2, 0) is 4.74 Å². The number of benzene rings is 1. The van der Waals surface area contributed by atoms with Crippen molar-refractivity contribution in [2.45, 2.75) is 32.2 Å². The summed E-state index contributed by atoms with van der Waals surface area (Å²) >= 11 is 0. The summed E-state index contributed by atoms with van der Waals surface area (Å²) < 4.78 is 19.2. The molecule has 1 fully saturated rings. The van der Waals surface area contributed by atoms with Crippen LogP contribution in [0.15, 0.2) is 23.0 Å². The van der Waals surface area contributed by atoms with Gasteiger partial charge in [0, 0.05) is 18.6 Å². The first-order valence-electron chi connectivity index (χ1n) is 8.17. The zero-order valence-electron chi connectivity index (χ0n) is 13.5. The number of hydrogen-bond acceptors (Lipinski definition) is 4. The topological polar surface area (TPSA) is 84.1 Å². The molecule has 2 aromatic rings. The van der Waals surface area contributed by atoms with E-state index in [0.717, 1.165) is 25.9 Å². The van der Waals surface area contributed by atoms with Crippen molar-refractivity contribution in [3.8, 4) is 0 Å². The van der Waals surface area contributed by atoms with Crippen molar-refractivity contribution in [3.05, 3.63) is 39.9 Å². The van der Waals surface area contributed by atoms with Crippen LogP contribution in [-0.4, -0.2) is 35.4 Å². The van der Waals surface area contributed by atoms with Crippen molar-refractivity contribution in [2.24, 2.45) is 5.92 Å². The van der Waals surface area contributed by atoms with Crippen molar-refractivity contribution in [3.63, 3.8) is 0 Å². The van der Waals surface area contributed by atoms with Gasteiger partial charge in [0.05, 0.1) is 12.0 Å². The number of halogens is 1. The second-order valence-corrected chi connectivity index (χ2v) is 6.03. The highest BCUT2D eigenvalue weighted by Crippen LogP contribution is 2.19. The van der Waals surface area contributed by atoms with Crippen LogP contribution in [0.4, 0.5) is 4.39 Å². The fourth-order valence-electron chi connectivity index (χ4n) is 3.14. The van der Waals surface area contributed by atoms with Crippen LogP contribution in [0.3, 0.4) is 0 Å². The monoisotopic (exact) mass is 333 g/mol. The van der Waals surface area contributed by atoms with Gasteiger partial charge in [0.2, 0.25) is 5.43 Å². The Labute approximate surface area is 138 Å². The Hall–Kier alpha value is -2.28. The highest BCUT2D eigenvalue weighted by molar-refractivity contribution is 5.95. The number of rotatable bonds is 4. The van der Waals surface area contributed by atoms with E-state index in [1.165, 1.54) is 18.2 Å². The van der Waals surface area contributed by atoms with E-state index in [9.17, 15) is 14.0 Å². The number of carbonyl (C=O) groups excluding carboxylic acids is 1. The van der Waals surface area contributed by atoms with E-state index < -0.39 is 17.2 Å². The molecule has 0 radical (unpaired) electrons. The standard InChI is InChI=1S/C17H20FN3O3/c1-2-13(10-5-4-8-24-9-10)19-17(23)15-16(22)11-6-3-7-12(18)14(11)20-21-15/h3,6-7,10,13H,2,4-5,8-9H2,1H3,(H,19,23)(H,20,22). The number of H-pyrrole nitrogens is 1. The Balaban J connectivity index is 1.85. The van der Waals surface area contributed by atoms with Crippen LogP contribution in [0.5, 0.6) is 0 Å². The number of nitrogens with one attached hydrogen (secondary N) is 2. The first-order chi connectivity index (χ1) is 11.6. The second-order valence-electron chi connectivity index (χ2n) is 6.03. The Kier molecular flexibility index (Phi) is 4.89. The van der Waals surface area contributed by atoms with E-state index in [-0.39, 0.29) is 28.6 Å². The summed E-state index contributed by atoms with van der Waals surface area (Å²) in [6, 6.07) is 4.06. The van der Waals surface area contributed by atoms with E-state index in [4.69, 9.17) is 4.74 Å². The SMILES string of the molecule is CCC(NC(=O)c1n[nH]c2c(F)cccc2c1=O)C1CCCOC1. The molecule has 128 valence electrons. The lowest BCUT2D eigenvalue weighted by Crippen LogP contribution is -2.44. The lowest BCUT2D eigenvalue weighted by atomic mass is 9.92. The Morgan fingerprint density at radius 1 is 1.54 bits per heavy atom. The summed E-state index contributed by atoms with van der Waals surface area (Å²) in [4.78, 5) is 24.9. The number of ether oxygens (including phenoxy) is 1. The van der Waals surface area contributed by atoms with Crippen molar-refractivity contribution in [2.75, 3.05) is 13.2 Å². The highest BCUT2D eigenvalue weighted by Gasteiger charge is 2.26. The van der Waals surface area contributed by atoms with E-state index in [0.29, 0.717) is 6.61 Å². The predicted molar refractivity (Wildman–Crippen MR) is 87.4 cm³/mol. The van der Waals surface area contributed by atoms with Crippen LogP contribution in [0, 0.1) is 11.7 Å². The molecule has 7 heteroatoms. The maximum Gasteiger partial charge on any atom is 0.276 e. The molecule has 1 aromatic carbocycles. The van der Waals surface area contributed by atoms with Crippen LogP contribution < -0.4 is 10.7 Å². The molecule has 24 heavy (non-hydrogen) atoms. The summed E-state index contributed by atoms with van der Waals surface area (Å²) in [5.41, 5.74) is -0.814. The van der Waals surface area contributed by atoms with Crippen molar-refractivity contribution < 1.29 is 13.9 Å². The predicted octanol–water partition coefficient (Wildman–Crippen LogP) is 2.00. The quantitative estimate of drug-likeness (QED) is 0.896. The van der Waals surface area contributed by atoms with E-state index in [1.54, 1.807) is 0 Å². The number of aromatic nitrogens is 2. The minimum atomic E-state index is -0.574. The van der Waals surface area contributed by atoms with Crippen LogP contribution in [0.1, 0.15) is 36.7 Å². The molecule has 1 aliphatic rings. The fourth-order valence-corrected chi connectivity index (χ4v) is 3.14. The van der Waals surface area contributed by atoms with Crippen LogP contribution in [0.25, 0.3) is 10.9 Å². The summed E-state index contributed by atoms with van der Waals surface area (Å²) in [5.74, 6) is -0.889. The molecule has 2 heterocycles. The van der Waals surface area contributed by atoms with Gasteiger partial charge in [-0.25, -0.2) is 4.39 Å². The largest absolute Gasteiger partial charge is 0.381 e. The minimum Gasteiger partial charge on any atom is -0.381 e. The van der Waals surface area contributed by atoms with Crippen LogP contribution in [0.2, 0.25) is 0 Å². The second kappa shape index (κ2) is 7.09. The summed E-state index contributed by atoms with van der Waals surface area (Å²) in [6.45, 7) is 3.33. The van der Waals surface area contributed by atoms with Gasteiger partial charge in [0.15, 0.2) is 5.69 Å². The number of para-hydroxylation sites is 1. The van der Waals surface area contributed by atoms with Gasteiger partial charge in [0.25, 0.3) is 5.91 Å². The average molecular weight is 333 g/mol. The molecule has 1 saturated heterocycles. The molecule has 0 saturated carbocycles. The number of hydrogen-bond donors (Lipinski definition) is 2. The molecule has 0 spiro atoms. The molecule has 2 atom stereocenters. The van der Waals surface area contributed by atoms with Gasteiger partial charge in [-0.2, -0.15) is 5.10 Å². The average Bonchev–Trinajstić information content (AvgIpc) is 2.61. The van der Waals surface area contributed by atoms with Gasteiger partial charge in [0.1, 0.15) is 11.3 Å². The first kappa shape index (κ1) is 16.6. The number of carbonyl (C=O) groups is 1. The zero-order valence-corrected chi connectivity index (χ0v) is 13.5. The Morgan fingerprint density at radius 2 is 2.38 bits per heavy atom. The fraction of sp³-hybridized carbons (Fsp3) is 0.471. The van der Waals surface area contributed by atoms with Crippen molar-refractivity contribution in [1.29, 1.82) is 0 Å². The molecule has 0 aliphatic carbocycles. The molecule has 3 rings (SSSR count). The zero-order chi connectivity index (χ0) is 17.1. The van der Waals surface area contributed by atoms with Crippen molar-refractivity contribution in [1.82, 2.24) is 15.5 Å². The number of nitrogens with zero attached hydrogens (tertiary/aromatic N) is 1. The van der Waals surface area contributed by atoms with Gasteiger partial charge >= 0.3 is 0 Å². The molecule has 2 unspecified atom stereocenters. The summed E-state index contributed by atoms with van der Waals surface area (Å²) in [7, 11) is 0. The highest BCUT2D eigenvalue weighted by atomic mass is 19.1. The van der Waals surface area contributed by atoms with E-state index >= 15 is 0 Å². The summed E-state index contributed by atoms with van der Waals surface area (Å²) in [6.07, 6.45) is 2.68. The molecule has 6 nitrogen and oxygen atoms in total. The van der Waals surface area contributed by atoms with Gasteiger partial charge in [-0.15, -0.1) is 0 Å². The maximum atomic E-state index is 13.7. The van der Waals surface area contributed by atoms with Gasteiger partial charge in [-0.3, -0.25) is 14.7 Å². The Morgan fingerprint density at radius 3 is 3.08 bits per heavy atom. The van der Waals surface area contributed by atoms with Gasteiger partial charge in [-0.05, 0) is 31.4 Å². The molecular formula is C17H20FN3O3. The third-order valence-electron chi connectivity index (χ3n) is 4.49. The van der Waals surface area contributed by atoms with Gasteiger partial charge < -0.3 is 10.1 Å². The molecule has 2 N–H and O–H groups in total. The van der Waals surface area contributed by atoms with E-state index in [2.05, 4.69) is 15.5 Å². The third-order valence-corrected chi connectivity index (χ3v) is 4.49. The normalized spacial score (nSPS) is 19.2. The van der Waals surface area contributed by atoms with E-state index in [1.807, 2.05) is 6.92 Å². The lowest BCUT2D eigenvalue weighted by molar-refractivity contribution is 0.0376. The van der Waals surface area contributed by atoms with Crippen LogP contribution >= 0.6 is 0 Å². The molecular weight excluding hydrogens is 313 g/mol. The third kappa shape index (κ3) is 3.17. The Bertz CT molecular complexity index is 799. The minimum absolute atomic E-state index is 0.00627. The number of fused-ring (bicyclic) bond motifs is 1. The molecule has 0 bridgehead atoms. The van der Waals surface area contributed by atoms with Gasteiger partial charge in [-0.1, -0.05) is 13.0 Å². The lowest BCUT2D eigenvalue weighted by Gasteiger charge is -2.30. The molecule has 1 aromatic heterocycles. The number of aromatic amines is 1.